The molecule has 0 N–H and O–H groups in total. The van der Waals surface area contributed by atoms with Gasteiger partial charge in [0.25, 0.3) is 0 Å². The van der Waals surface area contributed by atoms with Crippen molar-refractivity contribution >= 4 is 37.8 Å². The van der Waals surface area contributed by atoms with Crippen molar-refractivity contribution in [3.05, 3.63) is 68.3 Å². The fourth-order valence-electron chi connectivity index (χ4n) is 1.66. The Morgan fingerprint density at radius 2 is 1.79 bits per heavy atom. The zero-order valence-corrected chi connectivity index (χ0v) is 12.6. The summed E-state index contributed by atoms with van der Waals surface area (Å²) in [6, 6.07) is 14.8. The Hall–Kier alpha value is -1.51. The van der Waals surface area contributed by atoms with Crippen molar-refractivity contribution in [1.82, 2.24) is 0 Å². The quantitative estimate of drug-likeness (QED) is 0.506. The molecule has 0 aliphatic carbocycles. The second kappa shape index (κ2) is 5.24. The van der Waals surface area contributed by atoms with Gasteiger partial charge in [-0.2, -0.15) is 0 Å². The summed E-state index contributed by atoms with van der Waals surface area (Å²) in [5.41, 5.74) is 1.42. The second-order valence-electron chi connectivity index (χ2n) is 3.79. The van der Waals surface area contributed by atoms with Gasteiger partial charge in [0.2, 0.25) is 0 Å². The van der Waals surface area contributed by atoms with E-state index in [0.717, 1.165) is 9.13 Å². The fourth-order valence-corrected chi connectivity index (χ4v) is 5.11. The van der Waals surface area contributed by atoms with Crippen LogP contribution in [0.4, 0.5) is 0 Å². The van der Waals surface area contributed by atoms with Crippen LogP contribution in [0.3, 0.4) is 0 Å². The minimum atomic E-state index is -2.19. The Labute approximate surface area is 123 Å². The fraction of sp³-hybridized carbons (Fsp3) is 0. The number of hydrogen-bond acceptors (Lipinski definition) is 2. The van der Waals surface area contributed by atoms with E-state index < -0.39 is 20.2 Å². The average Bonchev–Trinajstić information content (AvgIpc) is 2.75. The van der Waals surface area contributed by atoms with E-state index >= 15 is 0 Å². The van der Waals surface area contributed by atoms with Crippen LogP contribution in [0.2, 0.25) is 5.02 Å². The van der Waals surface area contributed by atoms with Crippen molar-refractivity contribution in [2.75, 3.05) is 0 Å². The van der Waals surface area contributed by atoms with Gasteiger partial charge < -0.3 is 0 Å². The van der Waals surface area contributed by atoms with Crippen molar-refractivity contribution in [3.8, 4) is 9.85 Å². The van der Waals surface area contributed by atoms with Crippen molar-refractivity contribution in [1.29, 1.82) is 0 Å². The summed E-state index contributed by atoms with van der Waals surface area (Å²) in [5, 5.41) is 0.615. The molecule has 2 aromatic carbocycles. The van der Waals surface area contributed by atoms with E-state index in [9.17, 15) is 4.79 Å². The molecule has 19 heavy (non-hydrogen) atoms. The van der Waals surface area contributed by atoms with Gasteiger partial charge in [0.05, 0.1) is 0 Å². The van der Waals surface area contributed by atoms with Crippen LogP contribution in [0.25, 0.3) is 0 Å². The molecule has 0 unspecified atom stereocenters. The maximum absolute atomic E-state index is 11.7. The molecule has 1 aliphatic rings. The second-order valence-corrected chi connectivity index (χ2v) is 7.76. The van der Waals surface area contributed by atoms with E-state index in [-0.39, 0.29) is 5.97 Å². The first-order valence-corrected chi connectivity index (χ1v) is 8.95. The molecule has 0 fully saturated rings. The SMILES string of the molecule is O=C1OI(C#Cc2ccccc2Cl)c2ccccc21. The Kier molecular flexibility index (Phi) is 3.45. The standard InChI is InChI=1S/C15H8ClIO2/c16-13-7-3-1-5-11(13)9-10-17-14-8-4-2-6-12(14)15(18)19-17/h1-8H. The van der Waals surface area contributed by atoms with Crippen molar-refractivity contribution in [2.45, 2.75) is 0 Å². The van der Waals surface area contributed by atoms with Crippen LogP contribution in [0.15, 0.2) is 48.5 Å². The van der Waals surface area contributed by atoms with Crippen LogP contribution in [0, 0.1) is 13.4 Å². The van der Waals surface area contributed by atoms with Crippen LogP contribution < -0.4 is 0 Å². The number of rotatable bonds is 0. The van der Waals surface area contributed by atoms with Gasteiger partial charge in [0.1, 0.15) is 0 Å². The van der Waals surface area contributed by atoms with Crippen molar-refractivity contribution < 1.29 is 7.86 Å². The monoisotopic (exact) mass is 382 g/mol. The number of carbonyl (C=O) groups excluding carboxylic acids is 1. The van der Waals surface area contributed by atoms with Gasteiger partial charge in [-0.1, -0.05) is 0 Å². The van der Waals surface area contributed by atoms with Gasteiger partial charge in [-0.05, 0) is 0 Å². The van der Waals surface area contributed by atoms with Crippen LogP contribution in [0.1, 0.15) is 15.9 Å². The Morgan fingerprint density at radius 3 is 2.63 bits per heavy atom. The zero-order chi connectivity index (χ0) is 13.2. The Morgan fingerprint density at radius 1 is 1.05 bits per heavy atom. The van der Waals surface area contributed by atoms with Gasteiger partial charge in [-0.15, -0.1) is 0 Å². The van der Waals surface area contributed by atoms with Gasteiger partial charge in [0.15, 0.2) is 0 Å². The van der Waals surface area contributed by atoms with E-state index in [1.54, 1.807) is 12.1 Å². The number of halogens is 2. The molecule has 0 spiro atoms. The molecule has 0 bridgehead atoms. The third kappa shape index (κ3) is 2.46. The van der Waals surface area contributed by atoms with Crippen molar-refractivity contribution in [3.63, 3.8) is 0 Å². The van der Waals surface area contributed by atoms with E-state index in [1.807, 2.05) is 36.4 Å². The normalized spacial score (nSPS) is 14.4. The molecular formula is C15H8ClIO2. The summed E-state index contributed by atoms with van der Waals surface area (Å²) in [6.07, 6.45) is 0. The van der Waals surface area contributed by atoms with E-state index in [1.165, 1.54) is 0 Å². The topological polar surface area (TPSA) is 26.3 Å². The van der Waals surface area contributed by atoms with Crippen LogP contribution in [-0.2, 0) is 3.07 Å². The van der Waals surface area contributed by atoms with Crippen LogP contribution in [0.5, 0.6) is 0 Å². The summed E-state index contributed by atoms with van der Waals surface area (Å²) in [6.45, 7) is 0. The Bertz CT molecular complexity index is 715. The molecule has 0 amide bonds. The third-order valence-corrected chi connectivity index (χ3v) is 6.49. The van der Waals surface area contributed by atoms with Gasteiger partial charge >= 0.3 is 124 Å². The number of carbonyl (C=O) groups is 1. The molecule has 0 radical (unpaired) electrons. The maximum atomic E-state index is 11.7. The predicted molar refractivity (Wildman–Crippen MR) is 82.9 cm³/mol. The molecule has 0 atom stereocenters. The molecular weight excluding hydrogens is 375 g/mol. The summed E-state index contributed by atoms with van der Waals surface area (Å²) in [5.74, 6) is 2.77. The summed E-state index contributed by atoms with van der Waals surface area (Å²) < 4.78 is 9.47. The van der Waals surface area contributed by atoms with Crippen LogP contribution >= 0.6 is 31.8 Å². The van der Waals surface area contributed by atoms with E-state index in [0.29, 0.717) is 10.6 Å². The van der Waals surface area contributed by atoms with E-state index in [2.05, 4.69) is 9.85 Å². The summed E-state index contributed by atoms with van der Waals surface area (Å²) in [7, 11) is 0. The predicted octanol–water partition coefficient (Wildman–Crippen LogP) is 4.11. The zero-order valence-electron chi connectivity index (χ0n) is 9.69. The first-order valence-electron chi connectivity index (χ1n) is 5.53. The first-order chi connectivity index (χ1) is 9.25. The van der Waals surface area contributed by atoms with Gasteiger partial charge in [0, 0.05) is 0 Å². The molecule has 0 saturated carbocycles. The van der Waals surface area contributed by atoms with E-state index in [4.69, 9.17) is 14.7 Å². The molecule has 3 rings (SSSR count). The third-order valence-electron chi connectivity index (χ3n) is 2.57. The van der Waals surface area contributed by atoms with Crippen molar-refractivity contribution in [2.24, 2.45) is 0 Å². The van der Waals surface area contributed by atoms with Gasteiger partial charge in [-0.25, -0.2) is 0 Å². The number of fused-ring (bicyclic) bond motifs is 1. The summed E-state index contributed by atoms with van der Waals surface area (Å²) in [4.78, 5) is 11.7. The minimum absolute atomic E-state index is 0.255. The number of hydrogen-bond donors (Lipinski definition) is 0. The molecule has 0 aromatic heterocycles. The molecule has 0 saturated heterocycles. The van der Waals surface area contributed by atoms with Crippen LogP contribution in [-0.4, -0.2) is 5.97 Å². The Balaban J connectivity index is 1.95. The molecule has 2 aromatic rings. The number of benzene rings is 2. The average molecular weight is 383 g/mol. The molecule has 2 nitrogen and oxygen atoms in total. The molecule has 1 heterocycles. The molecule has 94 valence electrons. The van der Waals surface area contributed by atoms with Gasteiger partial charge in [-0.3, -0.25) is 0 Å². The first kappa shape index (κ1) is 12.5. The summed E-state index contributed by atoms with van der Waals surface area (Å²) >= 11 is 3.86. The molecule has 1 aliphatic heterocycles. The molecule has 4 heteroatoms.